The van der Waals surface area contributed by atoms with E-state index in [0.29, 0.717) is 12.1 Å². The minimum Gasteiger partial charge on any atom is -0.376 e. The van der Waals surface area contributed by atoms with Crippen molar-refractivity contribution < 1.29 is 9.47 Å². The van der Waals surface area contributed by atoms with Gasteiger partial charge >= 0.3 is 0 Å². The van der Waals surface area contributed by atoms with Crippen LogP contribution in [0, 0.1) is 0 Å². The van der Waals surface area contributed by atoms with Crippen LogP contribution >= 0.6 is 0 Å². The van der Waals surface area contributed by atoms with Crippen LogP contribution in [0.25, 0.3) is 0 Å². The Morgan fingerprint density at radius 1 is 1.31 bits per heavy atom. The van der Waals surface area contributed by atoms with Crippen molar-refractivity contribution in [3.05, 3.63) is 0 Å². The van der Waals surface area contributed by atoms with Crippen molar-refractivity contribution in [1.29, 1.82) is 0 Å². The third-order valence-corrected chi connectivity index (χ3v) is 3.14. The minimum absolute atomic E-state index is 0.0100. The average molecular weight is 229 g/mol. The Balaban J connectivity index is 2.17. The molecule has 16 heavy (non-hydrogen) atoms. The average Bonchev–Trinajstić information content (AvgIpc) is 2.17. The maximum Gasteiger partial charge on any atom is 0.0700 e. The molecule has 0 aromatic heterocycles. The van der Waals surface area contributed by atoms with Crippen molar-refractivity contribution >= 4 is 0 Å². The molecule has 1 fully saturated rings. The van der Waals surface area contributed by atoms with Crippen LogP contribution in [-0.4, -0.2) is 49.0 Å². The van der Waals surface area contributed by atoms with Crippen LogP contribution in [-0.2, 0) is 9.47 Å². The maximum absolute atomic E-state index is 5.72. The van der Waals surface area contributed by atoms with Crippen LogP contribution in [0.5, 0.6) is 0 Å². The van der Waals surface area contributed by atoms with E-state index >= 15 is 0 Å². The molecule has 0 aromatic rings. The Bertz CT molecular complexity index is 201. The number of rotatable bonds is 4. The van der Waals surface area contributed by atoms with E-state index in [1.54, 1.807) is 0 Å². The van der Waals surface area contributed by atoms with E-state index in [1.165, 1.54) is 0 Å². The normalized spacial score (nSPS) is 28.3. The molecule has 0 amide bonds. The molecule has 96 valence electrons. The van der Waals surface area contributed by atoms with Gasteiger partial charge in [-0.15, -0.1) is 0 Å². The number of hydrogen-bond donors (Lipinski definition) is 0. The van der Waals surface area contributed by atoms with Crippen LogP contribution in [0.1, 0.15) is 41.0 Å². The SMILES string of the molecule is C[C@@H]1OCCN(CCCOC(C)(C)C)[C@@H]1C. The fourth-order valence-corrected chi connectivity index (χ4v) is 1.96. The Morgan fingerprint density at radius 2 is 2.00 bits per heavy atom. The first-order valence-electron chi connectivity index (χ1n) is 6.40. The van der Waals surface area contributed by atoms with Crippen LogP contribution < -0.4 is 0 Å². The van der Waals surface area contributed by atoms with Gasteiger partial charge in [-0.2, -0.15) is 0 Å². The highest BCUT2D eigenvalue weighted by atomic mass is 16.5. The number of nitrogens with zero attached hydrogens (tertiary/aromatic N) is 1. The summed E-state index contributed by atoms with van der Waals surface area (Å²) < 4.78 is 11.3. The standard InChI is InChI=1S/C13H27NO2/c1-11-12(2)15-10-8-14(11)7-6-9-16-13(3,4)5/h11-12H,6-10H2,1-5H3/t11-,12+/m1/s1. The Morgan fingerprint density at radius 3 is 2.62 bits per heavy atom. The number of ether oxygens (including phenoxy) is 2. The van der Waals surface area contributed by atoms with Gasteiger partial charge in [0.05, 0.1) is 18.3 Å². The van der Waals surface area contributed by atoms with E-state index in [-0.39, 0.29) is 5.60 Å². The molecule has 0 N–H and O–H groups in total. The second-order valence-corrected chi connectivity index (χ2v) is 5.67. The number of morpholine rings is 1. The van der Waals surface area contributed by atoms with Gasteiger partial charge < -0.3 is 9.47 Å². The molecule has 0 spiro atoms. The fourth-order valence-electron chi connectivity index (χ4n) is 1.96. The molecule has 1 aliphatic heterocycles. The quantitative estimate of drug-likeness (QED) is 0.690. The molecule has 3 nitrogen and oxygen atoms in total. The molecule has 1 aliphatic rings. The van der Waals surface area contributed by atoms with Crippen molar-refractivity contribution in [3.63, 3.8) is 0 Å². The topological polar surface area (TPSA) is 21.7 Å². The summed E-state index contributed by atoms with van der Waals surface area (Å²) in [6, 6.07) is 0.531. The smallest absolute Gasteiger partial charge is 0.0700 e. The molecule has 0 unspecified atom stereocenters. The van der Waals surface area contributed by atoms with Gasteiger partial charge in [0.25, 0.3) is 0 Å². The summed E-state index contributed by atoms with van der Waals surface area (Å²) in [5, 5.41) is 0. The molecule has 1 saturated heterocycles. The van der Waals surface area contributed by atoms with Crippen molar-refractivity contribution in [3.8, 4) is 0 Å². The summed E-state index contributed by atoms with van der Waals surface area (Å²) in [5.41, 5.74) is -0.0100. The van der Waals surface area contributed by atoms with E-state index in [1.807, 2.05) is 0 Å². The monoisotopic (exact) mass is 229 g/mol. The van der Waals surface area contributed by atoms with E-state index in [4.69, 9.17) is 9.47 Å². The van der Waals surface area contributed by atoms with Gasteiger partial charge in [0, 0.05) is 25.7 Å². The summed E-state index contributed by atoms with van der Waals surface area (Å²) in [4.78, 5) is 2.50. The predicted molar refractivity (Wildman–Crippen MR) is 66.8 cm³/mol. The lowest BCUT2D eigenvalue weighted by atomic mass is 10.1. The Kier molecular flexibility index (Phi) is 5.22. The van der Waals surface area contributed by atoms with Gasteiger partial charge in [0.1, 0.15) is 0 Å². The lowest BCUT2D eigenvalue weighted by Crippen LogP contribution is -2.48. The van der Waals surface area contributed by atoms with Gasteiger partial charge in [0.15, 0.2) is 0 Å². The van der Waals surface area contributed by atoms with Gasteiger partial charge in [0.2, 0.25) is 0 Å². The maximum atomic E-state index is 5.72. The van der Waals surface area contributed by atoms with E-state index in [0.717, 1.165) is 32.7 Å². The third kappa shape index (κ3) is 4.81. The van der Waals surface area contributed by atoms with Gasteiger partial charge in [-0.05, 0) is 41.0 Å². The highest BCUT2D eigenvalue weighted by molar-refractivity contribution is 4.77. The van der Waals surface area contributed by atoms with Crippen LogP contribution in [0.3, 0.4) is 0 Å². The summed E-state index contributed by atoms with van der Waals surface area (Å²) in [6.45, 7) is 14.6. The summed E-state index contributed by atoms with van der Waals surface area (Å²) >= 11 is 0. The summed E-state index contributed by atoms with van der Waals surface area (Å²) in [6.07, 6.45) is 1.46. The summed E-state index contributed by atoms with van der Waals surface area (Å²) in [7, 11) is 0. The molecule has 3 heteroatoms. The lowest BCUT2D eigenvalue weighted by Gasteiger charge is -2.37. The predicted octanol–water partition coefficient (Wildman–Crippen LogP) is 2.30. The molecule has 2 atom stereocenters. The zero-order valence-corrected chi connectivity index (χ0v) is 11.5. The molecule has 1 rings (SSSR count). The molecule has 0 aromatic carbocycles. The zero-order chi connectivity index (χ0) is 12.2. The van der Waals surface area contributed by atoms with Crippen molar-refractivity contribution in [1.82, 2.24) is 4.90 Å². The summed E-state index contributed by atoms with van der Waals surface area (Å²) in [5.74, 6) is 0. The van der Waals surface area contributed by atoms with Gasteiger partial charge in [-0.1, -0.05) is 0 Å². The van der Waals surface area contributed by atoms with Gasteiger partial charge in [-0.3, -0.25) is 4.90 Å². The van der Waals surface area contributed by atoms with Crippen LogP contribution in [0.2, 0.25) is 0 Å². The fraction of sp³-hybridized carbons (Fsp3) is 1.00. The van der Waals surface area contributed by atoms with Crippen LogP contribution in [0.4, 0.5) is 0 Å². The van der Waals surface area contributed by atoms with E-state index < -0.39 is 0 Å². The first-order valence-corrected chi connectivity index (χ1v) is 6.40. The Hall–Kier alpha value is -0.120. The number of hydrogen-bond acceptors (Lipinski definition) is 3. The first-order chi connectivity index (χ1) is 7.40. The molecule has 0 saturated carbocycles. The third-order valence-electron chi connectivity index (χ3n) is 3.14. The van der Waals surface area contributed by atoms with E-state index in [9.17, 15) is 0 Å². The molecule has 0 aliphatic carbocycles. The molecule has 1 heterocycles. The van der Waals surface area contributed by atoms with Crippen molar-refractivity contribution in [2.75, 3.05) is 26.3 Å². The lowest BCUT2D eigenvalue weighted by molar-refractivity contribution is -0.0614. The van der Waals surface area contributed by atoms with Crippen LogP contribution in [0.15, 0.2) is 0 Å². The first kappa shape index (κ1) is 13.9. The van der Waals surface area contributed by atoms with Crippen molar-refractivity contribution in [2.45, 2.75) is 58.8 Å². The minimum atomic E-state index is -0.0100. The van der Waals surface area contributed by atoms with E-state index in [2.05, 4.69) is 39.5 Å². The van der Waals surface area contributed by atoms with Crippen molar-refractivity contribution in [2.24, 2.45) is 0 Å². The Labute approximate surface area is 100 Å². The largest absolute Gasteiger partial charge is 0.376 e. The molecular weight excluding hydrogens is 202 g/mol. The highest BCUT2D eigenvalue weighted by Gasteiger charge is 2.24. The molecular formula is C13H27NO2. The zero-order valence-electron chi connectivity index (χ0n) is 11.5. The molecule has 0 radical (unpaired) electrons. The highest BCUT2D eigenvalue weighted by Crippen LogP contribution is 2.14. The second kappa shape index (κ2) is 5.99. The molecule has 0 bridgehead atoms. The second-order valence-electron chi connectivity index (χ2n) is 5.67. The van der Waals surface area contributed by atoms with Gasteiger partial charge in [-0.25, -0.2) is 0 Å².